The maximum Gasteiger partial charge on any atom is 0.257 e. The van der Waals surface area contributed by atoms with Gasteiger partial charge in [-0.3, -0.25) is 4.79 Å². The molecule has 2 N–H and O–H groups in total. The molecule has 1 aliphatic heterocycles. The Morgan fingerprint density at radius 1 is 0.851 bits per heavy atom. The van der Waals surface area contributed by atoms with Crippen molar-refractivity contribution in [1.82, 2.24) is 10.3 Å². The number of thiazole rings is 1. The minimum Gasteiger partial charge on any atom is -0.392 e. The molecule has 0 radical (unpaired) electrons. The minimum absolute atomic E-state index is 0.0514. The summed E-state index contributed by atoms with van der Waals surface area (Å²) in [6.07, 6.45) is -1.36. The van der Waals surface area contributed by atoms with Gasteiger partial charge >= 0.3 is 0 Å². The summed E-state index contributed by atoms with van der Waals surface area (Å²) in [7, 11) is 0. The first kappa shape index (κ1) is 33.0. The van der Waals surface area contributed by atoms with Crippen LogP contribution in [-0.4, -0.2) is 27.9 Å². The number of carbonyl (C=O) groups is 1. The number of nitrogens with one attached hydrogen (secondary N) is 1. The van der Waals surface area contributed by atoms with E-state index in [1.165, 1.54) is 0 Å². The van der Waals surface area contributed by atoms with Gasteiger partial charge in [0.2, 0.25) is 5.82 Å². The highest BCUT2D eigenvalue weighted by atomic mass is 32.2. The number of thioether (sulfide) groups is 1. The monoisotopic (exact) mass is 686 g/mol. The predicted octanol–water partition coefficient (Wildman–Crippen LogP) is 8.00. The number of aliphatic hydroxyl groups excluding tert-OH is 1. The number of ether oxygens (including phenoxy) is 2. The lowest BCUT2D eigenvalue weighted by atomic mass is 9.91. The molecule has 4 unspecified atom stereocenters. The highest BCUT2D eigenvalue weighted by Gasteiger charge is 2.38. The zero-order valence-electron chi connectivity index (χ0n) is 24.7. The fraction of sp³-hybridized carbons (Fsp3) is 0.235. The van der Waals surface area contributed by atoms with Gasteiger partial charge in [0.05, 0.1) is 29.0 Å². The Balaban J connectivity index is 1.18. The second-order valence-electron chi connectivity index (χ2n) is 10.9. The van der Waals surface area contributed by atoms with Crippen molar-refractivity contribution in [3.8, 4) is 0 Å². The van der Waals surface area contributed by atoms with Crippen LogP contribution in [0.15, 0.2) is 77.1 Å². The van der Waals surface area contributed by atoms with E-state index < -0.39 is 46.8 Å². The molecule has 0 spiro atoms. The van der Waals surface area contributed by atoms with Crippen molar-refractivity contribution in [2.24, 2.45) is 5.92 Å². The third-order valence-corrected chi connectivity index (χ3v) is 10.2. The minimum atomic E-state index is -2.34. The predicted molar refractivity (Wildman–Crippen MR) is 167 cm³/mol. The van der Waals surface area contributed by atoms with E-state index in [0.717, 1.165) is 25.7 Å². The molecule has 0 bridgehead atoms. The summed E-state index contributed by atoms with van der Waals surface area (Å²) in [5.74, 6) is -12.0. The molecular formula is C34H27F5N2O4S2. The zero-order valence-corrected chi connectivity index (χ0v) is 26.3. The SMILES string of the molecule is CC1C(CSc2nc3ccccc3s2)OC(c2ccc(CNC(=O)c3c(F)c(F)c(F)c(F)c3F)cc2)OC1c1ccc(CO)cc1. The van der Waals surface area contributed by atoms with Crippen LogP contribution >= 0.6 is 23.1 Å². The molecule has 13 heteroatoms. The van der Waals surface area contributed by atoms with Crippen molar-refractivity contribution in [1.29, 1.82) is 0 Å². The van der Waals surface area contributed by atoms with Crippen molar-refractivity contribution in [2.45, 2.75) is 42.9 Å². The molecule has 1 fully saturated rings. The lowest BCUT2D eigenvalue weighted by molar-refractivity contribution is -0.268. The van der Waals surface area contributed by atoms with Crippen LogP contribution in [0.1, 0.15) is 51.9 Å². The van der Waals surface area contributed by atoms with E-state index in [1.807, 2.05) is 48.5 Å². The fourth-order valence-electron chi connectivity index (χ4n) is 5.24. The second kappa shape index (κ2) is 14.1. The van der Waals surface area contributed by atoms with Crippen LogP contribution in [-0.2, 0) is 22.6 Å². The van der Waals surface area contributed by atoms with Crippen molar-refractivity contribution >= 4 is 39.2 Å². The van der Waals surface area contributed by atoms with Crippen LogP contribution in [0.2, 0.25) is 0 Å². The highest BCUT2D eigenvalue weighted by Crippen LogP contribution is 2.43. The largest absolute Gasteiger partial charge is 0.392 e. The lowest BCUT2D eigenvalue weighted by Gasteiger charge is -2.41. The molecule has 5 aromatic rings. The van der Waals surface area contributed by atoms with E-state index in [1.54, 1.807) is 47.4 Å². The van der Waals surface area contributed by atoms with E-state index in [-0.39, 0.29) is 31.3 Å². The van der Waals surface area contributed by atoms with Gasteiger partial charge in [-0.25, -0.2) is 26.9 Å². The Kier molecular flexibility index (Phi) is 9.90. The molecule has 1 saturated heterocycles. The summed E-state index contributed by atoms with van der Waals surface area (Å²) in [6, 6.07) is 22.1. The molecule has 1 aliphatic rings. The van der Waals surface area contributed by atoms with E-state index in [9.17, 15) is 31.9 Å². The average molecular weight is 687 g/mol. The van der Waals surface area contributed by atoms with Crippen molar-refractivity contribution in [3.05, 3.63) is 130 Å². The zero-order chi connectivity index (χ0) is 33.2. The molecule has 6 nitrogen and oxygen atoms in total. The molecule has 1 aromatic heterocycles. The number of benzene rings is 4. The van der Waals surface area contributed by atoms with E-state index in [4.69, 9.17) is 14.5 Å². The quantitative estimate of drug-likeness (QED) is 0.0709. The smallest absolute Gasteiger partial charge is 0.257 e. The molecule has 1 amide bonds. The molecule has 0 aliphatic carbocycles. The number of hydrogen-bond donors (Lipinski definition) is 2. The molecule has 47 heavy (non-hydrogen) atoms. The summed E-state index contributed by atoms with van der Waals surface area (Å²) < 4.78 is 83.6. The summed E-state index contributed by atoms with van der Waals surface area (Å²) in [6.45, 7) is 1.73. The van der Waals surface area contributed by atoms with Gasteiger partial charge in [0, 0.05) is 23.8 Å². The van der Waals surface area contributed by atoms with Gasteiger partial charge in [-0.2, -0.15) is 0 Å². The molecule has 4 aromatic carbocycles. The third kappa shape index (κ3) is 6.90. The molecular weight excluding hydrogens is 660 g/mol. The van der Waals surface area contributed by atoms with E-state index in [0.29, 0.717) is 16.9 Å². The molecule has 0 saturated carbocycles. The first-order valence-corrected chi connectivity index (χ1v) is 16.3. The molecule has 6 rings (SSSR count). The standard InChI is InChI=1S/C34H27F5N2O4S2/c1-17-23(16-46-34-41-22-4-2-3-5-24(22)47-34)44-33(45-31(17)20-10-8-19(15-42)9-11-20)21-12-6-18(7-13-21)14-40-32(43)25-26(35)28(37)30(39)29(38)27(25)36/h2-13,17,23,31,33,42H,14-16H2,1H3,(H,40,43). The number of aromatic nitrogens is 1. The number of para-hydroxylation sites is 1. The summed E-state index contributed by atoms with van der Waals surface area (Å²) in [5.41, 5.74) is 2.24. The number of rotatable bonds is 9. The molecule has 4 atom stereocenters. The van der Waals surface area contributed by atoms with Crippen LogP contribution in [0.25, 0.3) is 10.2 Å². The second-order valence-corrected chi connectivity index (χ2v) is 13.2. The van der Waals surface area contributed by atoms with E-state index >= 15 is 0 Å². The van der Waals surface area contributed by atoms with Crippen LogP contribution in [0.4, 0.5) is 22.0 Å². The van der Waals surface area contributed by atoms with Crippen LogP contribution in [0, 0.1) is 35.0 Å². The number of aliphatic hydroxyl groups is 1. The fourth-order valence-corrected chi connectivity index (χ4v) is 7.50. The molecule has 2 heterocycles. The summed E-state index contributed by atoms with van der Waals surface area (Å²) in [4.78, 5) is 17.1. The average Bonchev–Trinajstić information content (AvgIpc) is 3.52. The maximum atomic E-state index is 14.1. The van der Waals surface area contributed by atoms with Gasteiger partial charge < -0.3 is 19.9 Å². The third-order valence-electron chi connectivity index (χ3n) is 7.91. The first-order chi connectivity index (χ1) is 22.6. The van der Waals surface area contributed by atoms with Gasteiger partial charge in [-0.05, 0) is 28.8 Å². The maximum absolute atomic E-state index is 14.1. The van der Waals surface area contributed by atoms with Crippen LogP contribution < -0.4 is 5.32 Å². The Bertz CT molecular complexity index is 1840. The first-order valence-electron chi connectivity index (χ1n) is 14.5. The summed E-state index contributed by atoms with van der Waals surface area (Å²) in [5, 5.41) is 11.7. The number of carbonyl (C=O) groups excluding carboxylic acids is 1. The van der Waals surface area contributed by atoms with Crippen LogP contribution in [0.3, 0.4) is 0 Å². The highest BCUT2D eigenvalue weighted by molar-refractivity contribution is 8.01. The van der Waals surface area contributed by atoms with Gasteiger partial charge in [-0.1, -0.05) is 79.3 Å². The van der Waals surface area contributed by atoms with E-state index in [2.05, 4.69) is 12.2 Å². The number of hydrogen-bond acceptors (Lipinski definition) is 7. The van der Waals surface area contributed by atoms with Gasteiger partial charge in [0.25, 0.3) is 5.91 Å². The Labute approximate surface area is 274 Å². The van der Waals surface area contributed by atoms with Gasteiger partial charge in [0.15, 0.2) is 33.9 Å². The topological polar surface area (TPSA) is 80.7 Å². The number of nitrogens with zero attached hydrogens (tertiary/aromatic N) is 1. The normalized spacial score (nSPS) is 19.6. The van der Waals surface area contributed by atoms with Crippen LogP contribution in [0.5, 0.6) is 0 Å². The summed E-state index contributed by atoms with van der Waals surface area (Å²) >= 11 is 3.22. The Morgan fingerprint density at radius 3 is 2.13 bits per heavy atom. The van der Waals surface area contributed by atoms with Crippen molar-refractivity contribution < 1.29 is 41.3 Å². The number of amides is 1. The van der Waals surface area contributed by atoms with Crippen molar-refractivity contribution in [3.63, 3.8) is 0 Å². The van der Waals surface area contributed by atoms with Gasteiger partial charge in [0.1, 0.15) is 5.56 Å². The number of halogens is 5. The molecule has 244 valence electrons. The number of fused-ring (bicyclic) bond motifs is 1. The van der Waals surface area contributed by atoms with Gasteiger partial charge in [-0.15, -0.1) is 11.3 Å². The Morgan fingerprint density at radius 2 is 1.47 bits per heavy atom. The Hall–Kier alpha value is -3.88. The lowest BCUT2D eigenvalue weighted by Crippen LogP contribution is -2.38. The van der Waals surface area contributed by atoms with Crippen molar-refractivity contribution in [2.75, 3.05) is 5.75 Å².